The van der Waals surface area contributed by atoms with Crippen molar-refractivity contribution in [1.82, 2.24) is 20.2 Å². The second-order valence-electron chi connectivity index (χ2n) is 4.48. The average Bonchev–Trinajstić information content (AvgIpc) is 2.75. The average molecular weight is 229 g/mol. The summed E-state index contributed by atoms with van der Waals surface area (Å²) < 4.78 is 1.67. The summed E-state index contributed by atoms with van der Waals surface area (Å²) in [6.45, 7) is 0. The summed E-state index contributed by atoms with van der Waals surface area (Å²) in [5.41, 5.74) is 2.91. The molecule has 1 aromatic heterocycles. The van der Waals surface area contributed by atoms with E-state index in [1.54, 1.807) is 4.68 Å². The van der Waals surface area contributed by atoms with E-state index in [0.29, 0.717) is 6.04 Å². The molecule has 0 saturated heterocycles. The van der Waals surface area contributed by atoms with Crippen LogP contribution in [-0.4, -0.2) is 26.2 Å². The number of benzene rings is 1. The predicted octanol–water partition coefficient (Wildman–Crippen LogP) is 1.18. The number of nitrogens with zero attached hydrogens (tertiary/aromatic N) is 4. The first-order valence-electron chi connectivity index (χ1n) is 5.88. The molecule has 0 saturated carbocycles. The Morgan fingerprint density at radius 1 is 1.29 bits per heavy atom. The Morgan fingerprint density at radius 3 is 2.88 bits per heavy atom. The van der Waals surface area contributed by atoms with Crippen molar-refractivity contribution in [3.63, 3.8) is 0 Å². The SMILES string of the molecule is Cn1nnnc1NC1CCc2ccccc2C1. The van der Waals surface area contributed by atoms with Gasteiger partial charge in [0, 0.05) is 13.1 Å². The molecule has 1 aromatic carbocycles. The smallest absolute Gasteiger partial charge is 0.242 e. The molecule has 2 aromatic rings. The maximum atomic E-state index is 3.96. The zero-order valence-corrected chi connectivity index (χ0v) is 9.80. The Bertz CT molecular complexity index is 519. The first-order chi connectivity index (χ1) is 8.33. The lowest BCUT2D eigenvalue weighted by molar-refractivity contribution is 0.598. The molecule has 1 heterocycles. The Labute approximate surface area is 99.8 Å². The first-order valence-corrected chi connectivity index (χ1v) is 5.88. The van der Waals surface area contributed by atoms with Crippen molar-refractivity contribution in [3.8, 4) is 0 Å². The fourth-order valence-electron chi connectivity index (χ4n) is 2.36. The third kappa shape index (κ3) is 2.00. The van der Waals surface area contributed by atoms with Gasteiger partial charge < -0.3 is 5.32 Å². The lowest BCUT2D eigenvalue weighted by Gasteiger charge is -2.25. The highest BCUT2D eigenvalue weighted by atomic mass is 15.6. The highest BCUT2D eigenvalue weighted by molar-refractivity contribution is 5.34. The fraction of sp³-hybridized carbons (Fsp3) is 0.417. The number of tetrazole rings is 1. The Hall–Kier alpha value is -1.91. The van der Waals surface area contributed by atoms with Crippen molar-refractivity contribution in [2.45, 2.75) is 25.3 Å². The van der Waals surface area contributed by atoms with Crippen LogP contribution in [0.15, 0.2) is 24.3 Å². The Balaban J connectivity index is 1.74. The number of hydrogen-bond acceptors (Lipinski definition) is 4. The second-order valence-corrected chi connectivity index (χ2v) is 4.48. The maximum absolute atomic E-state index is 3.96. The van der Waals surface area contributed by atoms with E-state index in [9.17, 15) is 0 Å². The summed E-state index contributed by atoms with van der Waals surface area (Å²) in [5.74, 6) is 0.745. The lowest BCUT2D eigenvalue weighted by atomic mass is 9.88. The molecule has 5 heteroatoms. The van der Waals surface area contributed by atoms with Crippen molar-refractivity contribution < 1.29 is 0 Å². The van der Waals surface area contributed by atoms with Crippen LogP contribution in [0.4, 0.5) is 5.95 Å². The third-order valence-electron chi connectivity index (χ3n) is 3.30. The van der Waals surface area contributed by atoms with Crippen LogP contribution >= 0.6 is 0 Å². The van der Waals surface area contributed by atoms with Gasteiger partial charge in [0.1, 0.15) is 0 Å². The van der Waals surface area contributed by atoms with Gasteiger partial charge in [-0.25, -0.2) is 4.68 Å². The molecule has 17 heavy (non-hydrogen) atoms. The van der Waals surface area contributed by atoms with E-state index < -0.39 is 0 Å². The minimum Gasteiger partial charge on any atom is -0.350 e. The van der Waals surface area contributed by atoms with E-state index in [1.165, 1.54) is 11.1 Å². The van der Waals surface area contributed by atoms with Crippen LogP contribution in [-0.2, 0) is 19.9 Å². The fourth-order valence-corrected chi connectivity index (χ4v) is 2.36. The molecular formula is C12H15N5. The molecule has 88 valence electrons. The number of hydrogen-bond donors (Lipinski definition) is 1. The van der Waals surface area contributed by atoms with E-state index >= 15 is 0 Å². The topological polar surface area (TPSA) is 55.6 Å². The van der Waals surface area contributed by atoms with Gasteiger partial charge in [-0.1, -0.05) is 29.4 Å². The standard InChI is InChI=1S/C12H15N5/c1-17-12(14-15-16-17)13-11-7-6-9-4-2-3-5-10(9)8-11/h2-5,11H,6-8H2,1H3,(H,13,14,16). The number of nitrogens with one attached hydrogen (secondary N) is 1. The maximum Gasteiger partial charge on any atom is 0.242 e. The van der Waals surface area contributed by atoms with Crippen molar-refractivity contribution in [2.24, 2.45) is 7.05 Å². The van der Waals surface area contributed by atoms with Crippen LogP contribution in [0.25, 0.3) is 0 Å². The molecule has 0 spiro atoms. The van der Waals surface area contributed by atoms with Gasteiger partial charge in [0.05, 0.1) is 0 Å². The zero-order valence-electron chi connectivity index (χ0n) is 9.80. The number of rotatable bonds is 2. The summed E-state index contributed by atoms with van der Waals surface area (Å²) in [7, 11) is 1.85. The minimum atomic E-state index is 0.426. The number of aryl methyl sites for hydroxylation is 2. The normalized spacial score (nSPS) is 18.8. The molecule has 3 rings (SSSR count). The van der Waals surface area contributed by atoms with Crippen molar-refractivity contribution in [2.75, 3.05) is 5.32 Å². The van der Waals surface area contributed by atoms with E-state index in [-0.39, 0.29) is 0 Å². The molecule has 1 atom stereocenters. The largest absolute Gasteiger partial charge is 0.350 e. The molecular weight excluding hydrogens is 214 g/mol. The summed E-state index contributed by atoms with van der Waals surface area (Å²) in [6.07, 6.45) is 3.30. The summed E-state index contributed by atoms with van der Waals surface area (Å²) in [5, 5.41) is 14.8. The van der Waals surface area contributed by atoms with Gasteiger partial charge >= 0.3 is 0 Å². The Morgan fingerprint density at radius 2 is 2.12 bits per heavy atom. The molecule has 0 aliphatic heterocycles. The number of fused-ring (bicyclic) bond motifs is 1. The molecule has 1 aliphatic carbocycles. The summed E-state index contributed by atoms with van der Waals surface area (Å²) >= 11 is 0. The van der Waals surface area contributed by atoms with Gasteiger partial charge in [-0.15, -0.1) is 0 Å². The van der Waals surface area contributed by atoms with E-state index in [2.05, 4.69) is 45.1 Å². The molecule has 1 aliphatic rings. The predicted molar refractivity (Wildman–Crippen MR) is 64.7 cm³/mol. The quantitative estimate of drug-likeness (QED) is 0.840. The molecule has 0 radical (unpaired) electrons. The molecule has 0 bridgehead atoms. The highest BCUT2D eigenvalue weighted by Crippen LogP contribution is 2.22. The molecule has 1 unspecified atom stereocenters. The molecule has 0 fully saturated rings. The minimum absolute atomic E-state index is 0.426. The van der Waals surface area contributed by atoms with Crippen LogP contribution in [0.3, 0.4) is 0 Å². The van der Waals surface area contributed by atoms with E-state index in [0.717, 1.165) is 25.2 Å². The molecule has 1 N–H and O–H groups in total. The molecule has 0 amide bonds. The monoisotopic (exact) mass is 229 g/mol. The third-order valence-corrected chi connectivity index (χ3v) is 3.30. The van der Waals surface area contributed by atoms with Gasteiger partial charge in [-0.05, 0) is 40.8 Å². The van der Waals surface area contributed by atoms with Crippen molar-refractivity contribution in [1.29, 1.82) is 0 Å². The van der Waals surface area contributed by atoms with E-state index in [4.69, 9.17) is 0 Å². The lowest BCUT2D eigenvalue weighted by Crippen LogP contribution is -2.28. The van der Waals surface area contributed by atoms with Crippen LogP contribution in [0, 0.1) is 0 Å². The Kier molecular flexibility index (Phi) is 2.51. The van der Waals surface area contributed by atoms with Crippen molar-refractivity contribution in [3.05, 3.63) is 35.4 Å². The van der Waals surface area contributed by atoms with Crippen LogP contribution in [0.2, 0.25) is 0 Å². The summed E-state index contributed by atoms with van der Waals surface area (Å²) in [4.78, 5) is 0. The van der Waals surface area contributed by atoms with Gasteiger partial charge in [0.25, 0.3) is 0 Å². The van der Waals surface area contributed by atoms with Gasteiger partial charge in [-0.3, -0.25) is 0 Å². The second kappa shape index (κ2) is 4.16. The van der Waals surface area contributed by atoms with Gasteiger partial charge in [0.2, 0.25) is 5.95 Å². The zero-order chi connectivity index (χ0) is 11.7. The number of anilines is 1. The van der Waals surface area contributed by atoms with Crippen molar-refractivity contribution >= 4 is 5.95 Å². The summed E-state index contributed by atoms with van der Waals surface area (Å²) in [6, 6.07) is 9.06. The molecule has 5 nitrogen and oxygen atoms in total. The van der Waals surface area contributed by atoms with E-state index in [1.807, 2.05) is 7.05 Å². The number of aromatic nitrogens is 4. The van der Waals surface area contributed by atoms with Gasteiger partial charge in [-0.2, -0.15) is 0 Å². The van der Waals surface area contributed by atoms with Crippen LogP contribution in [0.1, 0.15) is 17.5 Å². The van der Waals surface area contributed by atoms with Crippen LogP contribution < -0.4 is 5.32 Å². The highest BCUT2D eigenvalue weighted by Gasteiger charge is 2.19. The van der Waals surface area contributed by atoms with Gasteiger partial charge in [0.15, 0.2) is 0 Å². The van der Waals surface area contributed by atoms with Crippen LogP contribution in [0.5, 0.6) is 0 Å². The first kappa shape index (κ1) is 10.3.